The van der Waals surface area contributed by atoms with Gasteiger partial charge in [-0.3, -0.25) is 19.0 Å². The summed E-state index contributed by atoms with van der Waals surface area (Å²) in [5.74, 6) is 0.850. The van der Waals surface area contributed by atoms with E-state index < -0.39 is 0 Å². The Morgan fingerprint density at radius 3 is 2.35 bits per heavy atom. The van der Waals surface area contributed by atoms with Gasteiger partial charge in [-0.05, 0) is 26.0 Å². The average Bonchev–Trinajstić information content (AvgIpc) is 3.01. The van der Waals surface area contributed by atoms with E-state index in [1.54, 1.807) is 10.5 Å². The largest absolute Gasteiger partial charge is 0.361 e. The van der Waals surface area contributed by atoms with Gasteiger partial charge in [-0.2, -0.15) is 0 Å². The molecule has 0 bridgehead atoms. The number of hydrogen-bond donors (Lipinski definition) is 0. The minimum atomic E-state index is -0.0110. The summed E-state index contributed by atoms with van der Waals surface area (Å²) in [6.07, 6.45) is 0. The SMILES string of the molecule is Cc1cc(CN2CCN(Cc3cc(=O)n4c(C)cccc4n3)CC2)no1. The van der Waals surface area contributed by atoms with E-state index in [4.69, 9.17) is 4.52 Å². The molecule has 0 spiro atoms. The summed E-state index contributed by atoms with van der Waals surface area (Å²) in [5, 5.41) is 4.07. The number of piperazine rings is 1. The summed E-state index contributed by atoms with van der Waals surface area (Å²) in [6.45, 7) is 9.20. The van der Waals surface area contributed by atoms with Crippen LogP contribution in [0.2, 0.25) is 0 Å². The lowest BCUT2D eigenvalue weighted by molar-refractivity contribution is 0.119. The van der Waals surface area contributed by atoms with Crippen LogP contribution in [0.5, 0.6) is 0 Å². The molecule has 1 fully saturated rings. The van der Waals surface area contributed by atoms with Gasteiger partial charge in [0.15, 0.2) is 0 Å². The van der Waals surface area contributed by atoms with Crippen LogP contribution >= 0.6 is 0 Å². The average molecular weight is 353 g/mol. The van der Waals surface area contributed by atoms with Crippen molar-refractivity contribution in [2.75, 3.05) is 26.2 Å². The molecule has 136 valence electrons. The predicted octanol–water partition coefficient (Wildman–Crippen LogP) is 1.62. The maximum absolute atomic E-state index is 12.4. The van der Waals surface area contributed by atoms with Gasteiger partial charge in [-0.25, -0.2) is 4.98 Å². The number of rotatable bonds is 4. The van der Waals surface area contributed by atoms with Crippen molar-refractivity contribution >= 4 is 5.65 Å². The van der Waals surface area contributed by atoms with Gasteiger partial charge in [-0.15, -0.1) is 0 Å². The molecule has 26 heavy (non-hydrogen) atoms. The van der Waals surface area contributed by atoms with Gasteiger partial charge >= 0.3 is 0 Å². The van der Waals surface area contributed by atoms with E-state index in [1.165, 1.54) is 0 Å². The number of aromatic nitrogens is 3. The molecule has 7 nitrogen and oxygen atoms in total. The number of fused-ring (bicyclic) bond motifs is 1. The molecule has 0 aromatic carbocycles. The maximum atomic E-state index is 12.4. The van der Waals surface area contributed by atoms with Crippen LogP contribution in [0, 0.1) is 13.8 Å². The topological polar surface area (TPSA) is 66.9 Å². The van der Waals surface area contributed by atoms with Crippen molar-refractivity contribution in [2.45, 2.75) is 26.9 Å². The van der Waals surface area contributed by atoms with E-state index in [1.807, 2.05) is 38.1 Å². The first-order chi connectivity index (χ1) is 12.6. The van der Waals surface area contributed by atoms with Gasteiger partial charge in [0, 0.05) is 57.1 Å². The molecule has 1 aliphatic rings. The number of nitrogens with zero attached hydrogens (tertiary/aromatic N) is 5. The Bertz CT molecular complexity index is 969. The third kappa shape index (κ3) is 3.54. The van der Waals surface area contributed by atoms with Crippen molar-refractivity contribution < 1.29 is 4.52 Å². The summed E-state index contributed by atoms with van der Waals surface area (Å²) in [7, 11) is 0. The molecule has 0 saturated carbocycles. The van der Waals surface area contributed by atoms with Gasteiger partial charge in [0.1, 0.15) is 11.4 Å². The molecule has 1 aliphatic heterocycles. The van der Waals surface area contributed by atoms with E-state index in [0.29, 0.717) is 12.2 Å². The van der Waals surface area contributed by atoms with Crippen molar-refractivity contribution in [1.82, 2.24) is 24.3 Å². The fraction of sp³-hybridized carbons (Fsp3) is 0.421. The Labute approximate surface area is 151 Å². The fourth-order valence-electron chi connectivity index (χ4n) is 3.50. The zero-order valence-electron chi connectivity index (χ0n) is 15.2. The third-order valence-electron chi connectivity index (χ3n) is 4.85. The molecular formula is C19H23N5O2. The van der Waals surface area contributed by atoms with Gasteiger partial charge in [0.05, 0.1) is 11.4 Å². The van der Waals surface area contributed by atoms with Gasteiger partial charge in [0.25, 0.3) is 5.56 Å². The van der Waals surface area contributed by atoms with E-state index in [2.05, 4.69) is 19.9 Å². The first-order valence-electron chi connectivity index (χ1n) is 8.94. The predicted molar refractivity (Wildman–Crippen MR) is 98.0 cm³/mol. The van der Waals surface area contributed by atoms with Crippen molar-refractivity contribution in [3.8, 4) is 0 Å². The summed E-state index contributed by atoms with van der Waals surface area (Å²) in [6, 6.07) is 9.39. The zero-order valence-corrected chi connectivity index (χ0v) is 15.2. The molecule has 3 aromatic rings. The van der Waals surface area contributed by atoms with Gasteiger partial charge in [0.2, 0.25) is 0 Å². The monoisotopic (exact) mass is 353 g/mol. The van der Waals surface area contributed by atoms with Crippen LogP contribution in [0.4, 0.5) is 0 Å². The molecule has 0 N–H and O–H groups in total. The summed E-state index contributed by atoms with van der Waals surface area (Å²) >= 11 is 0. The first-order valence-corrected chi connectivity index (χ1v) is 8.94. The van der Waals surface area contributed by atoms with Crippen molar-refractivity contribution in [2.24, 2.45) is 0 Å². The molecule has 4 heterocycles. The quantitative estimate of drug-likeness (QED) is 0.710. The van der Waals surface area contributed by atoms with Crippen molar-refractivity contribution in [3.05, 3.63) is 63.5 Å². The van der Waals surface area contributed by atoms with Crippen LogP contribution in [0.15, 0.2) is 39.6 Å². The normalized spacial score (nSPS) is 16.4. The van der Waals surface area contributed by atoms with E-state index in [0.717, 1.165) is 55.6 Å². The molecule has 0 amide bonds. The third-order valence-corrected chi connectivity index (χ3v) is 4.85. The lowest BCUT2D eigenvalue weighted by atomic mass is 10.2. The van der Waals surface area contributed by atoms with Crippen LogP contribution in [-0.2, 0) is 13.1 Å². The first kappa shape index (κ1) is 16.9. The molecule has 1 saturated heterocycles. The second-order valence-electron chi connectivity index (χ2n) is 6.93. The van der Waals surface area contributed by atoms with Crippen LogP contribution in [-0.4, -0.2) is 50.5 Å². The zero-order chi connectivity index (χ0) is 18.1. The Hall–Kier alpha value is -2.51. The molecule has 0 atom stereocenters. The fourth-order valence-corrected chi connectivity index (χ4v) is 3.50. The maximum Gasteiger partial charge on any atom is 0.258 e. The standard InChI is InChI=1S/C19H23N5O2/c1-14-4-3-5-18-20-16(11-19(25)24(14)18)12-22-6-8-23(9-7-22)13-17-10-15(2)26-21-17/h3-5,10-11H,6-9,12-13H2,1-2H3. The Morgan fingerprint density at radius 2 is 1.69 bits per heavy atom. The van der Waals surface area contributed by atoms with Gasteiger partial charge < -0.3 is 4.52 Å². The Balaban J connectivity index is 1.40. The van der Waals surface area contributed by atoms with E-state index >= 15 is 0 Å². The molecule has 3 aromatic heterocycles. The minimum absolute atomic E-state index is 0.0110. The lowest BCUT2D eigenvalue weighted by Crippen LogP contribution is -2.45. The molecule has 0 radical (unpaired) electrons. The molecule has 7 heteroatoms. The smallest absolute Gasteiger partial charge is 0.258 e. The van der Waals surface area contributed by atoms with E-state index in [9.17, 15) is 4.79 Å². The molecule has 0 aliphatic carbocycles. The van der Waals surface area contributed by atoms with Crippen LogP contribution in [0.3, 0.4) is 0 Å². The van der Waals surface area contributed by atoms with Crippen LogP contribution < -0.4 is 5.56 Å². The Kier molecular flexibility index (Phi) is 4.57. The summed E-state index contributed by atoms with van der Waals surface area (Å²) < 4.78 is 6.79. The number of aryl methyl sites for hydroxylation is 2. The Morgan fingerprint density at radius 1 is 1.00 bits per heavy atom. The second kappa shape index (κ2) is 7.01. The summed E-state index contributed by atoms with van der Waals surface area (Å²) in [4.78, 5) is 21.8. The summed E-state index contributed by atoms with van der Waals surface area (Å²) in [5.41, 5.74) is 3.43. The highest BCUT2D eigenvalue weighted by Gasteiger charge is 2.19. The highest BCUT2D eigenvalue weighted by molar-refractivity contribution is 5.40. The van der Waals surface area contributed by atoms with Crippen molar-refractivity contribution in [1.29, 1.82) is 0 Å². The molecule has 0 unspecified atom stereocenters. The van der Waals surface area contributed by atoms with Crippen LogP contribution in [0.1, 0.15) is 22.8 Å². The van der Waals surface area contributed by atoms with Gasteiger partial charge in [-0.1, -0.05) is 11.2 Å². The van der Waals surface area contributed by atoms with E-state index in [-0.39, 0.29) is 5.56 Å². The second-order valence-corrected chi connectivity index (χ2v) is 6.93. The number of hydrogen-bond acceptors (Lipinski definition) is 6. The van der Waals surface area contributed by atoms with Crippen LogP contribution in [0.25, 0.3) is 5.65 Å². The molecule has 4 rings (SSSR count). The highest BCUT2D eigenvalue weighted by atomic mass is 16.5. The minimum Gasteiger partial charge on any atom is -0.361 e. The lowest BCUT2D eigenvalue weighted by Gasteiger charge is -2.34. The number of pyridine rings is 1. The van der Waals surface area contributed by atoms with Crippen molar-refractivity contribution in [3.63, 3.8) is 0 Å². The highest BCUT2D eigenvalue weighted by Crippen LogP contribution is 2.11. The molecular weight excluding hydrogens is 330 g/mol.